The lowest BCUT2D eigenvalue weighted by molar-refractivity contribution is -0.253. The Labute approximate surface area is 278 Å². The van der Waals surface area contributed by atoms with Crippen LogP contribution >= 0.6 is 0 Å². The van der Waals surface area contributed by atoms with E-state index in [1.807, 2.05) is 54.6 Å². The number of aliphatic hydroxyl groups excluding tert-OH is 1. The van der Waals surface area contributed by atoms with E-state index >= 15 is 0 Å². The number of likely N-dealkylation sites (tertiary alicyclic amines) is 1. The normalized spacial score (nSPS) is 20.6. The lowest BCUT2D eigenvalue weighted by Gasteiger charge is -2.38. The van der Waals surface area contributed by atoms with Gasteiger partial charge in [0.1, 0.15) is 0 Å². The van der Waals surface area contributed by atoms with Gasteiger partial charge in [-0.3, -0.25) is 0 Å². The zero-order valence-electron chi connectivity index (χ0n) is 27.2. The van der Waals surface area contributed by atoms with Crippen molar-refractivity contribution in [3.05, 3.63) is 131 Å². The Bertz CT molecular complexity index is 1540. The molecule has 3 N–H and O–H groups in total. The fraction of sp³-hybridized carbons (Fsp3) is 0.375. The molecule has 0 saturated carbocycles. The minimum atomic E-state index is -0.468. The first-order valence-corrected chi connectivity index (χ1v) is 17.1. The summed E-state index contributed by atoms with van der Waals surface area (Å²) < 4.78 is 13.3. The molecule has 246 valence electrons. The molecule has 2 fully saturated rings. The Morgan fingerprint density at radius 2 is 1.34 bits per heavy atom. The summed E-state index contributed by atoms with van der Waals surface area (Å²) in [6.07, 6.45) is 6.77. The van der Waals surface area contributed by atoms with Gasteiger partial charge < -0.3 is 30.1 Å². The van der Waals surface area contributed by atoms with Crippen LogP contribution in [0.5, 0.6) is 0 Å². The Kier molecular flexibility index (Phi) is 11.7. The van der Waals surface area contributed by atoms with E-state index in [0.717, 1.165) is 65.0 Å². The number of urea groups is 1. The summed E-state index contributed by atoms with van der Waals surface area (Å²) in [7, 11) is 0. The maximum absolute atomic E-state index is 12.4. The van der Waals surface area contributed by atoms with Gasteiger partial charge in [0.2, 0.25) is 0 Å². The molecule has 0 spiro atoms. The Hall–Kier alpha value is -4.01. The summed E-state index contributed by atoms with van der Waals surface area (Å²) in [6, 6.07) is 34.5. The smallest absolute Gasteiger partial charge is 0.315 e. The number of nitrogens with one attached hydrogen (secondary N) is 2. The van der Waals surface area contributed by atoms with Crippen molar-refractivity contribution in [2.75, 3.05) is 19.6 Å². The first kappa shape index (κ1) is 32.9. The zero-order valence-corrected chi connectivity index (χ0v) is 27.2. The minimum absolute atomic E-state index is 0.0327. The first-order chi connectivity index (χ1) is 23.1. The van der Waals surface area contributed by atoms with Crippen molar-refractivity contribution in [3.63, 3.8) is 0 Å². The molecule has 0 aromatic heterocycles. The summed E-state index contributed by atoms with van der Waals surface area (Å²) in [5, 5.41) is 15.4. The van der Waals surface area contributed by atoms with Gasteiger partial charge in [-0.05, 0) is 65.4 Å². The van der Waals surface area contributed by atoms with Gasteiger partial charge in [-0.15, -0.1) is 0 Å². The highest BCUT2D eigenvalue weighted by atomic mass is 16.7. The van der Waals surface area contributed by atoms with E-state index in [2.05, 4.69) is 64.1 Å². The minimum Gasteiger partial charge on any atom is -0.392 e. The number of aliphatic hydroxyl groups is 1. The second-order valence-corrected chi connectivity index (χ2v) is 12.8. The summed E-state index contributed by atoms with van der Waals surface area (Å²) in [6.45, 7) is 4.13. The van der Waals surface area contributed by atoms with E-state index in [0.29, 0.717) is 13.1 Å². The Morgan fingerprint density at radius 3 is 2.06 bits per heavy atom. The maximum Gasteiger partial charge on any atom is 0.315 e. The molecular weight excluding hydrogens is 586 g/mol. The SMILES string of the molecule is O=C(NCc1ccccc1)NCc1cccc(-c2ccc([C@@H]3O[C@H](CN4CCCCCCC4)C[C@H](c4ccc(CO)cc4)O3)cc2)c1. The van der Waals surface area contributed by atoms with E-state index < -0.39 is 6.29 Å². The molecule has 7 heteroatoms. The van der Waals surface area contributed by atoms with Crippen LogP contribution in [0.4, 0.5) is 4.79 Å². The number of benzene rings is 4. The molecule has 4 aromatic carbocycles. The molecule has 4 aromatic rings. The van der Waals surface area contributed by atoms with Crippen molar-refractivity contribution >= 4 is 6.03 Å². The van der Waals surface area contributed by atoms with Crippen molar-refractivity contribution in [1.82, 2.24) is 15.5 Å². The van der Waals surface area contributed by atoms with Crippen LogP contribution in [0.15, 0.2) is 103 Å². The van der Waals surface area contributed by atoms with Gasteiger partial charge in [0.25, 0.3) is 0 Å². The highest BCUT2D eigenvalue weighted by Gasteiger charge is 2.33. The van der Waals surface area contributed by atoms with Gasteiger partial charge in [-0.2, -0.15) is 0 Å². The third kappa shape index (κ3) is 9.52. The summed E-state index contributed by atoms with van der Waals surface area (Å²) in [5.74, 6) is 0. The van der Waals surface area contributed by atoms with Crippen molar-refractivity contribution in [1.29, 1.82) is 0 Å². The highest BCUT2D eigenvalue weighted by Crippen LogP contribution is 2.39. The van der Waals surface area contributed by atoms with Crippen molar-refractivity contribution in [2.45, 2.75) is 76.7 Å². The number of nitrogens with zero attached hydrogens (tertiary/aromatic N) is 1. The Morgan fingerprint density at radius 1 is 0.681 bits per heavy atom. The molecule has 3 atom stereocenters. The lowest BCUT2D eigenvalue weighted by atomic mass is 9.98. The summed E-state index contributed by atoms with van der Waals surface area (Å²) >= 11 is 0. The topological polar surface area (TPSA) is 83.1 Å². The van der Waals surface area contributed by atoms with E-state index in [1.165, 1.54) is 32.1 Å². The van der Waals surface area contributed by atoms with Crippen LogP contribution in [0, 0.1) is 0 Å². The zero-order chi connectivity index (χ0) is 32.3. The first-order valence-electron chi connectivity index (χ1n) is 17.1. The molecule has 2 amide bonds. The second kappa shape index (κ2) is 16.7. The average Bonchev–Trinajstić information content (AvgIpc) is 3.11. The molecule has 2 aliphatic heterocycles. The number of hydrogen-bond donors (Lipinski definition) is 3. The number of amides is 2. The van der Waals surface area contributed by atoms with Gasteiger partial charge in [0.05, 0.1) is 18.8 Å². The number of carbonyl (C=O) groups excluding carboxylic acids is 1. The molecule has 0 radical (unpaired) electrons. The van der Waals surface area contributed by atoms with Gasteiger partial charge in [-0.25, -0.2) is 4.79 Å². The van der Waals surface area contributed by atoms with Gasteiger partial charge >= 0.3 is 6.03 Å². The standard InChI is InChI=1S/C40H47N3O4/c44-29-31-14-16-34(17-15-31)38-25-37(28-43-22-7-2-1-3-8-23-43)46-39(47-38)35-20-18-33(19-21-35)36-13-9-12-32(24-36)27-42-40(45)41-26-30-10-5-4-6-11-30/h4-6,9-21,24,37-39,44H,1-3,7-8,22-23,25-29H2,(H2,41,42,45)/t37-,38+,39+/m0/s1. The molecule has 47 heavy (non-hydrogen) atoms. The molecule has 0 aliphatic carbocycles. The fourth-order valence-corrected chi connectivity index (χ4v) is 6.53. The molecule has 2 heterocycles. The van der Waals surface area contributed by atoms with Crippen LogP contribution in [0.2, 0.25) is 0 Å². The van der Waals surface area contributed by atoms with Crippen LogP contribution in [0.1, 0.15) is 78.7 Å². The molecule has 0 unspecified atom stereocenters. The fourth-order valence-electron chi connectivity index (χ4n) is 6.53. The number of hydrogen-bond acceptors (Lipinski definition) is 5. The second-order valence-electron chi connectivity index (χ2n) is 12.8. The van der Waals surface area contributed by atoms with Crippen molar-refractivity contribution in [3.8, 4) is 11.1 Å². The number of carbonyl (C=O) groups is 1. The highest BCUT2D eigenvalue weighted by molar-refractivity contribution is 5.74. The molecule has 2 saturated heterocycles. The van der Waals surface area contributed by atoms with Crippen molar-refractivity contribution in [2.24, 2.45) is 0 Å². The third-order valence-electron chi connectivity index (χ3n) is 9.22. The molecule has 6 rings (SSSR count). The van der Waals surface area contributed by atoms with E-state index in [-0.39, 0.29) is 24.8 Å². The van der Waals surface area contributed by atoms with Crippen LogP contribution in [-0.4, -0.2) is 41.8 Å². The van der Waals surface area contributed by atoms with E-state index in [9.17, 15) is 9.90 Å². The number of rotatable bonds is 10. The Balaban J connectivity index is 1.11. The van der Waals surface area contributed by atoms with Gasteiger partial charge in [0, 0.05) is 31.6 Å². The average molecular weight is 634 g/mol. The van der Waals surface area contributed by atoms with Crippen LogP contribution in [-0.2, 0) is 29.2 Å². The lowest BCUT2D eigenvalue weighted by Crippen LogP contribution is -2.40. The maximum atomic E-state index is 12.4. The quantitative estimate of drug-likeness (QED) is 0.167. The monoisotopic (exact) mass is 633 g/mol. The van der Waals surface area contributed by atoms with Gasteiger partial charge in [0.15, 0.2) is 6.29 Å². The van der Waals surface area contributed by atoms with E-state index in [1.54, 1.807) is 0 Å². The summed E-state index contributed by atoms with van der Waals surface area (Å²) in [4.78, 5) is 15.0. The molecule has 7 nitrogen and oxygen atoms in total. The van der Waals surface area contributed by atoms with Crippen LogP contribution in [0.25, 0.3) is 11.1 Å². The van der Waals surface area contributed by atoms with Crippen LogP contribution < -0.4 is 10.6 Å². The molecular formula is C40H47N3O4. The molecule has 0 bridgehead atoms. The van der Waals surface area contributed by atoms with E-state index in [4.69, 9.17) is 9.47 Å². The summed E-state index contributed by atoms with van der Waals surface area (Å²) in [5.41, 5.74) is 7.28. The number of ether oxygens (including phenoxy) is 2. The largest absolute Gasteiger partial charge is 0.392 e. The predicted molar refractivity (Wildman–Crippen MR) is 185 cm³/mol. The van der Waals surface area contributed by atoms with Crippen LogP contribution in [0.3, 0.4) is 0 Å². The predicted octanol–water partition coefficient (Wildman–Crippen LogP) is 7.66. The van der Waals surface area contributed by atoms with Crippen molar-refractivity contribution < 1.29 is 19.4 Å². The third-order valence-corrected chi connectivity index (χ3v) is 9.22. The van der Waals surface area contributed by atoms with Gasteiger partial charge in [-0.1, -0.05) is 116 Å². The molecule has 2 aliphatic rings.